The van der Waals surface area contributed by atoms with Crippen LogP contribution in [0.3, 0.4) is 0 Å². The summed E-state index contributed by atoms with van der Waals surface area (Å²) in [6.07, 6.45) is 0.414. The van der Waals surface area contributed by atoms with Crippen LogP contribution in [-0.4, -0.2) is 33.0 Å². The molecule has 0 saturated heterocycles. The molecule has 0 unspecified atom stereocenters. The number of aromatic nitrogens is 3. The Labute approximate surface area is 179 Å². The molecule has 0 bridgehead atoms. The van der Waals surface area contributed by atoms with Crippen LogP contribution in [0.2, 0.25) is 0 Å². The average Bonchev–Trinajstić information content (AvgIpc) is 3.35. The Morgan fingerprint density at radius 3 is 2.52 bits per heavy atom. The molecule has 2 heterocycles. The molecule has 0 fully saturated rings. The fourth-order valence-electron chi connectivity index (χ4n) is 2.90. The molecule has 2 aromatic heterocycles. The van der Waals surface area contributed by atoms with Crippen molar-refractivity contribution in [2.75, 3.05) is 6.54 Å². The summed E-state index contributed by atoms with van der Waals surface area (Å²) in [4.78, 5) is 28.9. The standard InChI is InChI=1S/C21H17F2N5O2S/c22-14-7-5-13(6-8-14)11-25-20(30)19(29)24-10-9-15-12-31-21-26-18(27-28(15)21)16-3-1-2-4-17(16)23/h1-8,12H,9-11H2,(H,24,29)(H,25,30). The predicted octanol–water partition coefficient (Wildman–Crippen LogP) is 2.71. The number of amides is 2. The lowest BCUT2D eigenvalue weighted by atomic mass is 10.2. The van der Waals surface area contributed by atoms with Gasteiger partial charge in [0.25, 0.3) is 0 Å². The number of thiazole rings is 1. The molecule has 0 spiro atoms. The van der Waals surface area contributed by atoms with E-state index in [2.05, 4.69) is 20.7 Å². The van der Waals surface area contributed by atoms with Gasteiger partial charge in [0.1, 0.15) is 11.6 Å². The van der Waals surface area contributed by atoms with Crippen LogP contribution in [-0.2, 0) is 22.6 Å². The van der Waals surface area contributed by atoms with Gasteiger partial charge in [-0.05, 0) is 29.8 Å². The molecule has 0 saturated carbocycles. The van der Waals surface area contributed by atoms with Crippen molar-refractivity contribution < 1.29 is 18.4 Å². The Balaban J connectivity index is 1.32. The quantitative estimate of drug-likeness (QED) is 0.451. The summed E-state index contributed by atoms with van der Waals surface area (Å²) in [6.45, 7) is 0.332. The molecule has 31 heavy (non-hydrogen) atoms. The number of rotatable bonds is 6. The number of nitrogens with zero attached hydrogens (tertiary/aromatic N) is 3. The van der Waals surface area contributed by atoms with Gasteiger partial charge in [0, 0.05) is 24.9 Å². The third kappa shape index (κ3) is 4.75. The zero-order chi connectivity index (χ0) is 21.8. The van der Waals surface area contributed by atoms with E-state index < -0.39 is 17.6 Å². The summed E-state index contributed by atoms with van der Waals surface area (Å²) in [6, 6.07) is 11.9. The number of halogens is 2. The fourth-order valence-corrected chi connectivity index (χ4v) is 3.76. The lowest BCUT2D eigenvalue weighted by molar-refractivity contribution is -0.139. The van der Waals surface area contributed by atoms with Crippen molar-refractivity contribution in [1.29, 1.82) is 0 Å². The van der Waals surface area contributed by atoms with E-state index in [4.69, 9.17) is 0 Å². The van der Waals surface area contributed by atoms with Gasteiger partial charge in [-0.2, -0.15) is 4.98 Å². The molecule has 2 amide bonds. The van der Waals surface area contributed by atoms with Gasteiger partial charge in [-0.3, -0.25) is 9.59 Å². The third-order valence-electron chi connectivity index (χ3n) is 4.50. The van der Waals surface area contributed by atoms with E-state index in [1.165, 1.54) is 41.7 Å². The fraction of sp³-hybridized carbons (Fsp3) is 0.143. The van der Waals surface area contributed by atoms with Crippen molar-refractivity contribution >= 4 is 28.1 Å². The minimum absolute atomic E-state index is 0.121. The van der Waals surface area contributed by atoms with E-state index in [1.807, 2.05) is 5.38 Å². The first kappa shape index (κ1) is 20.6. The third-order valence-corrected chi connectivity index (χ3v) is 5.37. The monoisotopic (exact) mass is 441 g/mol. The molecule has 0 atom stereocenters. The number of hydrogen-bond acceptors (Lipinski definition) is 5. The van der Waals surface area contributed by atoms with Crippen molar-refractivity contribution in [2.24, 2.45) is 0 Å². The second-order valence-corrected chi connectivity index (χ2v) is 7.49. The van der Waals surface area contributed by atoms with E-state index in [-0.39, 0.29) is 24.7 Å². The van der Waals surface area contributed by atoms with Crippen LogP contribution >= 0.6 is 11.3 Å². The smallest absolute Gasteiger partial charge is 0.309 e. The van der Waals surface area contributed by atoms with Crippen molar-refractivity contribution in [3.8, 4) is 11.4 Å². The van der Waals surface area contributed by atoms with Gasteiger partial charge >= 0.3 is 11.8 Å². The predicted molar refractivity (Wildman–Crippen MR) is 111 cm³/mol. The lowest BCUT2D eigenvalue weighted by Crippen LogP contribution is -2.40. The van der Waals surface area contributed by atoms with Crippen LogP contribution in [0.15, 0.2) is 53.9 Å². The molecule has 10 heteroatoms. The van der Waals surface area contributed by atoms with Crippen LogP contribution < -0.4 is 10.6 Å². The maximum atomic E-state index is 14.0. The lowest BCUT2D eigenvalue weighted by Gasteiger charge is -2.06. The van der Waals surface area contributed by atoms with Gasteiger partial charge in [-0.15, -0.1) is 16.4 Å². The number of nitrogens with one attached hydrogen (secondary N) is 2. The van der Waals surface area contributed by atoms with Crippen molar-refractivity contribution in [1.82, 2.24) is 25.2 Å². The molecule has 4 aromatic rings. The van der Waals surface area contributed by atoms with Gasteiger partial charge in [0.2, 0.25) is 4.96 Å². The van der Waals surface area contributed by atoms with E-state index >= 15 is 0 Å². The van der Waals surface area contributed by atoms with Crippen molar-refractivity contribution in [3.63, 3.8) is 0 Å². The summed E-state index contributed by atoms with van der Waals surface area (Å²) < 4.78 is 28.5. The van der Waals surface area contributed by atoms with Gasteiger partial charge in [-0.25, -0.2) is 13.3 Å². The average molecular weight is 441 g/mol. The molecule has 0 aliphatic carbocycles. The van der Waals surface area contributed by atoms with Crippen LogP contribution in [0.1, 0.15) is 11.3 Å². The number of carbonyl (C=O) groups excluding carboxylic acids is 2. The SMILES string of the molecule is O=C(NCCc1csc2nc(-c3ccccc3F)nn12)C(=O)NCc1ccc(F)cc1. The van der Waals surface area contributed by atoms with Crippen LogP contribution in [0.25, 0.3) is 16.3 Å². The first-order valence-electron chi connectivity index (χ1n) is 9.40. The molecule has 0 aliphatic rings. The summed E-state index contributed by atoms with van der Waals surface area (Å²) >= 11 is 1.36. The Bertz CT molecular complexity index is 1240. The maximum absolute atomic E-state index is 14.0. The summed E-state index contributed by atoms with van der Waals surface area (Å²) in [5.41, 5.74) is 1.78. The topological polar surface area (TPSA) is 88.4 Å². The molecular weight excluding hydrogens is 424 g/mol. The largest absolute Gasteiger partial charge is 0.347 e. The van der Waals surface area contributed by atoms with E-state index in [0.29, 0.717) is 22.5 Å². The summed E-state index contributed by atoms with van der Waals surface area (Å²) in [5, 5.41) is 11.2. The molecule has 0 radical (unpaired) electrons. The molecule has 2 N–H and O–H groups in total. The van der Waals surface area contributed by atoms with E-state index in [1.54, 1.807) is 22.7 Å². The van der Waals surface area contributed by atoms with Gasteiger partial charge < -0.3 is 10.6 Å². The van der Waals surface area contributed by atoms with Gasteiger partial charge in [0.15, 0.2) is 5.82 Å². The highest BCUT2D eigenvalue weighted by molar-refractivity contribution is 7.15. The highest BCUT2D eigenvalue weighted by atomic mass is 32.1. The van der Waals surface area contributed by atoms with Gasteiger partial charge in [0.05, 0.1) is 11.3 Å². The van der Waals surface area contributed by atoms with Crippen molar-refractivity contribution in [2.45, 2.75) is 13.0 Å². The zero-order valence-electron chi connectivity index (χ0n) is 16.1. The highest BCUT2D eigenvalue weighted by Gasteiger charge is 2.16. The van der Waals surface area contributed by atoms with Crippen LogP contribution in [0.5, 0.6) is 0 Å². The molecule has 7 nitrogen and oxygen atoms in total. The van der Waals surface area contributed by atoms with Crippen molar-refractivity contribution in [3.05, 3.63) is 76.8 Å². The maximum Gasteiger partial charge on any atom is 0.309 e. The Morgan fingerprint density at radius 1 is 1.00 bits per heavy atom. The zero-order valence-corrected chi connectivity index (χ0v) is 17.0. The van der Waals surface area contributed by atoms with Crippen LogP contribution in [0, 0.1) is 11.6 Å². The second-order valence-electron chi connectivity index (χ2n) is 6.65. The van der Waals surface area contributed by atoms with E-state index in [9.17, 15) is 18.4 Å². The minimum atomic E-state index is -0.776. The van der Waals surface area contributed by atoms with Crippen LogP contribution in [0.4, 0.5) is 8.78 Å². The summed E-state index contributed by atoms with van der Waals surface area (Å²) in [7, 11) is 0. The molecular formula is C21H17F2N5O2S. The Morgan fingerprint density at radius 2 is 1.74 bits per heavy atom. The van der Waals surface area contributed by atoms with E-state index in [0.717, 1.165) is 5.69 Å². The molecule has 4 rings (SSSR count). The highest BCUT2D eigenvalue weighted by Crippen LogP contribution is 2.23. The Hall–Kier alpha value is -3.66. The normalized spacial score (nSPS) is 10.9. The first-order chi connectivity index (χ1) is 15.0. The molecule has 2 aromatic carbocycles. The summed E-state index contributed by atoms with van der Waals surface area (Å²) in [5.74, 6) is -2.03. The Kier molecular flexibility index (Phi) is 5.99. The second kappa shape index (κ2) is 9.00. The number of hydrogen-bond donors (Lipinski definition) is 2. The first-order valence-corrected chi connectivity index (χ1v) is 10.3. The molecule has 0 aliphatic heterocycles. The number of carbonyl (C=O) groups is 2. The number of benzene rings is 2. The number of fused-ring (bicyclic) bond motifs is 1. The molecule has 158 valence electrons. The minimum Gasteiger partial charge on any atom is -0.347 e. The van der Waals surface area contributed by atoms with Gasteiger partial charge in [-0.1, -0.05) is 24.3 Å².